The molecule has 1 aliphatic rings. The molecule has 1 saturated carbocycles. The van der Waals surface area contributed by atoms with Crippen molar-refractivity contribution in [2.45, 2.75) is 37.7 Å². The summed E-state index contributed by atoms with van der Waals surface area (Å²) in [6.07, 6.45) is 4.48. The Balaban J connectivity index is 1.98. The van der Waals surface area contributed by atoms with E-state index in [1.54, 1.807) is 24.3 Å². The SMILES string of the molecule is O=C(O)CNc1ccccc1C(=O)NCC1(O)CCCCC1. The van der Waals surface area contributed by atoms with Gasteiger partial charge in [-0.2, -0.15) is 0 Å². The van der Waals surface area contributed by atoms with Crippen molar-refractivity contribution in [1.82, 2.24) is 5.32 Å². The Labute approximate surface area is 129 Å². The smallest absolute Gasteiger partial charge is 0.322 e. The van der Waals surface area contributed by atoms with E-state index in [1.807, 2.05) is 0 Å². The summed E-state index contributed by atoms with van der Waals surface area (Å²) in [5.74, 6) is -1.31. The summed E-state index contributed by atoms with van der Waals surface area (Å²) in [5.41, 5.74) is 0.0263. The number of anilines is 1. The van der Waals surface area contributed by atoms with Gasteiger partial charge in [0.15, 0.2) is 0 Å². The van der Waals surface area contributed by atoms with Gasteiger partial charge in [0.05, 0.1) is 11.2 Å². The predicted octanol–water partition coefficient (Wildman–Crippen LogP) is 1.61. The van der Waals surface area contributed by atoms with Gasteiger partial charge in [0.1, 0.15) is 6.54 Å². The minimum atomic E-state index is -0.994. The van der Waals surface area contributed by atoms with Gasteiger partial charge in [0, 0.05) is 12.2 Å². The number of nitrogens with one attached hydrogen (secondary N) is 2. The van der Waals surface area contributed by atoms with Gasteiger partial charge in [0.2, 0.25) is 0 Å². The fraction of sp³-hybridized carbons (Fsp3) is 0.500. The molecule has 0 unspecified atom stereocenters. The Kier molecular flexibility index (Phi) is 5.38. The van der Waals surface area contributed by atoms with E-state index >= 15 is 0 Å². The highest BCUT2D eigenvalue weighted by atomic mass is 16.4. The minimum Gasteiger partial charge on any atom is -0.480 e. The zero-order valence-corrected chi connectivity index (χ0v) is 12.5. The Bertz CT molecular complexity index is 539. The van der Waals surface area contributed by atoms with Crippen LogP contribution in [0.3, 0.4) is 0 Å². The molecule has 1 aliphatic carbocycles. The predicted molar refractivity (Wildman–Crippen MR) is 82.9 cm³/mol. The number of carboxylic acid groups (broad SMARTS) is 1. The molecule has 1 amide bonds. The Morgan fingerprint density at radius 3 is 2.50 bits per heavy atom. The lowest BCUT2D eigenvalue weighted by Crippen LogP contribution is -2.44. The van der Waals surface area contributed by atoms with Crippen molar-refractivity contribution in [2.75, 3.05) is 18.4 Å². The van der Waals surface area contributed by atoms with Crippen LogP contribution < -0.4 is 10.6 Å². The summed E-state index contributed by atoms with van der Waals surface area (Å²) in [6, 6.07) is 6.74. The van der Waals surface area contributed by atoms with Gasteiger partial charge >= 0.3 is 5.97 Å². The third-order valence-electron chi connectivity index (χ3n) is 3.96. The lowest BCUT2D eigenvalue weighted by Gasteiger charge is -2.32. The molecule has 4 N–H and O–H groups in total. The van der Waals surface area contributed by atoms with Crippen LogP contribution in [0, 0.1) is 0 Å². The van der Waals surface area contributed by atoms with E-state index in [0.29, 0.717) is 24.1 Å². The second-order valence-corrected chi connectivity index (χ2v) is 5.76. The van der Waals surface area contributed by atoms with E-state index in [1.165, 1.54) is 0 Å². The quantitative estimate of drug-likeness (QED) is 0.640. The second-order valence-electron chi connectivity index (χ2n) is 5.76. The van der Waals surface area contributed by atoms with E-state index in [9.17, 15) is 14.7 Å². The normalized spacial score (nSPS) is 16.8. The average molecular weight is 306 g/mol. The number of aliphatic carboxylic acids is 1. The first-order valence-electron chi connectivity index (χ1n) is 7.55. The largest absolute Gasteiger partial charge is 0.480 e. The van der Waals surface area contributed by atoms with Gasteiger partial charge < -0.3 is 20.8 Å². The standard InChI is InChI=1S/C16H22N2O4/c19-14(20)10-17-13-7-3-2-6-12(13)15(21)18-11-16(22)8-4-1-5-9-16/h2-3,6-7,17,22H,1,4-5,8-11H2,(H,18,21)(H,19,20). The molecule has 0 radical (unpaired) electrons. The van der Waals surface area contributed by atoms with Crippen LogP contribution in [0.15, 0.2) is 24.3 Å². The van der Waals surface area contributed by atoms with E-state index in [-0.39, 0.29) is 19.0 Å². The number of carbonyl (C=O) groups is 2. The number of para-hydroxylation sites is 1. The molecule has 0 aliphatic heterocycles. The fourth-order valence-electron chi connectivity index (χ4n) is 2.73. The molecular weight excluding hydrogens is 284 g/mol. The third-order valence-corrected chi connectivity index (χ3v) is 3.96. The molecule has 1 aromatic rings. The number of carboxylic acids is 1. The highest BCUT2D eigenvalue weighted by molar-refractivity contribution is 6.00. The molecule has 1 fully saturated rings. The third kappa shape index (κ3) is 4.46. The molecule has 0 spiro atoms. The van der Waals surface area contributed by atoms with Crippen LogP contribution in [0.4, 0.5) is 5.69 Å². The average Bonchev–Trinajstić information content (AvgIpc) is 2.52. The number of hydrogen-bond donors (Lipinski definition) is 4. The number of benzene rings is 1. The molecule has 0 bridgehead atoms. The minimum absolute atomic E-state index is 0.221. The molecule has 1 aromatic carbocycles. The monoisotopic (exact) mass is 306 g/mol. The first-order chi connectivity index (χ1) is 10.5. The molecule has 22 heavy (non-hydrogen) atoms. The number of hydrogen-bond acceptors (Lipinski definition) is 4. The zero-order valence-electron chi connectivity index (χ0n) is 12.5. The summed E-state index contributed by atoms with van der Waals surface area (Å²) in [5, 5.41) is 24.6. The molecule has 6 heteroatoms. The maximum atomic E-state index is 12.3. The maximum Gasteiger partial charge on any atom is 0.322 e. The van der Waals surface area contributed by atoms with Gasteiger partial charge in [-0.05, 0) is 25.0 Å². The van der Waals surface area contributed by atoms with Crippen molar-refractivity contribution < 1.29 is 19.8 Å². The van der Waals surface area contributed by atoms with Crippen molar-refractivity contribution >= 4 is 17.6 Å². The van der Waals surface area contributed by atoms with Crippen LogP contribution >= 0.6 is 0 Å². The zero-order chi connectivity index (χ0) is 16.0. The highest BCUT2D eigenvalue weighted by Crippen LogP contribution is 2.27. The molecule has 0 atom stereocenters. The molecule has 0 aromatic heterocycles. The molecule has 6 nitrogen and oxygen atoms in total. The summed E-state index contributed by atoms with van der Waals surface area (Å²) in [6.45, 7) is -0.0344. The number of rotatable bonds is 6. The summed E-state index contributed by atoms with van der Waals surface area (Å²) in [7, 11) is 0. The molecule has 0 saturated heterocycles. The van der Waals surface area contributed by atoms with Gasteiger partial charge in [0.25, 0.3) is 5.91 Å². The highest BCUT2D eigenvalue weighted by Gasteiger charge is 2.29. The maximum absolute atomic E-state index is 12.3. The summed E-state index contributed by atoms with van der Waals surface area (Å²) < 4.78 is 0. The van der Waals surface area contributed by atoms with Crippen molar-refractivity contribution in [1.29, 1.82) is 0 Å². The first-order valence-corrected chi connectivity index (χ1v) is 7.55. The second kappa shape index (κ2) is 7.26. The lowest BCUT2D eigenvalue weighted by atomic mass is 9.85. The summed E-state index contributed by atoms with van der Waals surface area (Å²) >= 11 is 0. The van der Waals surface area contributed by atoms with Crippen molar-refractivity contribution in [3.63, 3.8) is 0 Å². The van der Waals surface area contributed by atoms with E-state index < -0.39 is 11.6 Å². The Morgan fingerprint density at radius 2 is 1.82 bits per heavy atom. The van der Waals surface area contributed by atoms with Gasteiger partial charge in [-0.25, -0.2) is 0 Å². The van der Waals surface area contributed by atoms with Crippen LogP contribution in [0.1, 0.15) is 42.5 Å². The van der Waals surface area contributed by atoms with Crippen LogP contribution in [0.5, 0.6) is 0 Å². The number of carbonyl (C=O) groups excluding carboxylic acids is 1. The summed E-state index contributed by atoms with van der Waals surface area (Å²) in [4.78, 5) is 22.9. The fourth-order valence-corrected chi connectivity index (χ4v) is 2.73. The number of aliphatic hydroxyl groups is 1. The van der Waals surface area contributed by atoms with Crippen molar-refractivity contribution in [3.8, 4) is 0 Å². The van der Waals surface area contributed by atoms with Gasteiger partial charge in [-0.1, -0.05) is 31.4 Å². The van der Waals surface area contributed by atoms with Gasteiger partial charge in [-0.3, -0.25) is 9.59 Å². The van der Waals surface area contributed by atoms with Crippen LogP contribution in [0.25, 0.3) is 0 Å². The topological polar surface area (TPSA) is 98.7 Å². The molecule has 2 rings (SSSR count). The van der Waals surface area contributed by atoms with Crippen LogP contribution in [-0.2, 0) is 4.79 Å². The van der Waals surface area contributed by atoms with E-state index in [0.717, 1.165) is 19.3 Å². The van der Waals surface area contributed by atoms with Crippen molar-refractivity contribution in [2.24, 2.45) is 0 Å². The van der Waals surface area contributed by atoms with Crippen LogP contribution in [0.2, 0.25) is 0 Å². The van der Waals surface area contributed by atoms with Gasteiger partial charge in [-0.15, -0.1) is 0 Å². The molecule has 0 heterocycles. The Hall–Kier alpha value is -2.08. The number of amides is 1. The first kappa shape index (κ1) is 16.3. The Morgan fingerprint density at radius 1 is 1.14 bits per heavy atom. The van der Waals surface area contributed by atoms with E-state index in [4.69, 9.17) is 5.11 Å². The lowest BCUT2D eigenvalue weighted by molar-refractivity contribution is -0.134. The van der Waals surface area contributed by atoms with Crippen LogP contribution in [-0.4, -0.2) is 40.8 Å². The van der Waals surface area contributed by atoms with E-state index in [2.05, 4.69) is 10.6 Å². The molecule has 120 valence electrons. The van der Waals surface area contributed by atoms with Crippen molar-refractivity contribution in [3.05, 3.63) is 29.8 Å². The molecular formula is C16H22N2O4.